The molecule has 6 heteroatoms. The highest BCUT2D eigenvalue weighted by Gasteiger charge is 2.17. The van der Waals surface area contributed by atoms with Gasteiger partial charge in [0.25, 0.3) is 11.8 Å². The number of aromatic hydroxyl groups is 1. The van der Waals surface area contributed by atoms with Crippen molar-refractivity contribution < 1.29 is 19.4 Å². The molecule has 3 rings (SSSR count). The van der Waals surface area contributed by atoms with Crippen molar-refractivity contribution in [2.45, 2.75) is 32.4 Å². The van der Waals surface area contributed by atoms with Crippen LogP contribution in [0.5, 0.6) is 5.75 Å². The molecule has 3 N–H and O–H groups in total. The molecule has 1 fully saturated rings. The first-order chi connectivity index (χ1) is 13.0. The van der Waals surface area contributed by atoms with E-state index in [4.69, 9.17) is 4.74 Å². The Hall–Kier alpha value is -2.86. The highest BCUT2D eigenvalue weighted by atomic mass is 16.5. The van der Waals surface area contributed by atoms with Gasteiger partial charge >= 0.3 is 0 Å². The number of hydrogen-bond donors (Lipinski definition) is 3. The summed E-state index contributed by atoms with van der Waals surface area (Å²) in [5.74, 6) is -0.570. The summed E-state index contributed by atoms with van der Waals surface area (Å²) in [6, 6.07) is 12.0. The number of ether oxygens (including phenoxy) is 1. The molecule has 0 spiro atoms. The van der Waals surface area contributed by atoms with Crippen LogP contribution in [0.4, 0.5) is 0 Å². The van der Waals surface area contributed by atoms with Crippen molar-refractivity contribution in [1.82, 2.24) is 10.6 Å². The first kappa shape index (κ1) is 18.9. The lowest BCUT2D eigenvalue weighted by Gasteiger charge is -2.12. The molecule has 1 heterocycles. The Morgan fingerprint density at radius 2 is 2.00 bits per heavy atom. The average Bonchev–Trinajstić information content (AvgIpc) is 3.20. The Kier molecular flexibility index (Phi) is 6.08. The zero-order chi connectivity index (χ0) is 19.2. The van der Waals surface area contributed by atoms with E-state index in [1.54, 1.807) is 30.3 Å². The van der Waals surface area contributed by atoms with Gasteiger partial charge in [-0.3, -0.25) is 9.59 Å². The van der Waals surface area contributed by atoms with Gasteiger partial charge in [-0.1, -0.05) is 23.8 Å². The van der Waals surface area contributed by atoms with E-state index < -0.39 is 0 Å². The Morgan fingerprint density at radius 1 is 1.15 bits per heavy atom. The molecule has 0 aliphatic carbocycles. The van der Waals surface area contributed by atoms with Crippen LogP contribution in [0.2, 0.25) is 0 Å². The van der Waals surface area contributed by atoms with Gasteiger partial charge in [0.1, 0.15) is 5.75 Å². The van der Waals surface area contributed by atoms with Gasteiger partial charge in [0.05, 0.1) is 11.7 Å². The molecule has 0 saturated carbocycles. The van der Waals surface area contributed by atoms with Crippen LogP contribution in [-0.2, 0) is 11.3 Å². The number of hydrogen-bond acceptors (Lipinski definition) is 4. The minimum absolute atomic E-state index is 0.0552. The van der Waals surface area contributed by atoms with E-state index in [0.717, 1.165) is 30.6 Å². The predicted octanol–water partition coefficient (Wildman–Crippen LogP) is 2.54. The lowest BCUT2D eigenvalue weighted by Crippen LogP contribution is -2.31. The third kappa shape index (κ3) is 5.08. The van der Waals surface area contributed by atoms with Crippen LogP contribution in [0, 0.1) is 6.92 Å². The van der Waals surface area contributed by atoms with E-state index in [2.05, 4.69) is 10.6 Å². The molecule has 1 unspecified atom stereocenters. The van der Waals surface area contributed by atoms with Crippen molar-refractivity contribution >= 4 is 11.8 Å². The number of aryl methyl sites for hydroxylation is 1. The third-order valence-electron chi connectivity index (χ3n) is 4.55. The van der Waals surface area contributed by atoms with Crippen molar-refractivity contribution in [3.8, 4) is 5.75 Å². The number of rotatable bonds is 6. The molecule has 1 saturated heterocycles. The van der Waals surface area contributed by atoms with Crippen LogP contribution in [0.15, 0.2) is 42.5 Å². The second-order valence-electron chi connectivity index (χ2n) is 6.75. The van der Waals surface area contributed by atoms with Gasteiger partial charge in [-0.05, 0) is 49.6 Å². The highest BCUT2D eigenvalue weighted by Crippen LogP contribution is 2.18. The maximum Gasteiger partial charge on any atom is 0.255 e. The van der Waals surface area contributed by atoms with Gasteiger partial charge in [0, 0.05) is 25.3 Å². The summed E-state index contributed by atoms with van der Waals surface area (Å²) in [6.07, 6.45) is 2.10. The summed E-state index contributed by atoms with van der Waals surface area (Å²) in [5.41, 5.74) is 2.47. The highest BCUT2D eigenvalue weighted by molar-refractivity contribution is 5.97. The number of benzene rings is 2. The third-order valence-corrected chi connectivity index (χ3v) is 4.55. The van der Waals surface area contributed by atoms with Gasteiger partial charge in [0.15, 0.2) is 0 Å². The minimum atomic E-state index is -0.357. The average molecular weight is 368 g/mol. The normalized spacial score (nSPS) is 16.1. The number of phenolic OH excluding ortho intramolecular Hbond substituents is 1. The fourth-order valence-corrected chi connectivity index (χ4v) is 3.05. The number of phenols is 1. The first-order valence-electron chi connectivity index (χ1n) is 9.09. The lowest BCUT2D eigenvalue weighted by atomic mass is 10.1. The molecule has 1 atom stereocenters. The van der Waals surface area contributed by atoms with E-state index in [1.165, 1.54) is 6.07 Å². The first-order valence-corrected chi connectivity index (χ1v) is 9.09. The van der Waals surface area contributed by atoms with Gasteiger partial charge in [-0.2, -0.15) is 0 Å². The van der Waals surface area contributed by atoms with Crippen molar-refractivity contribution in [2.75, 3.05) is 13.2 Å². The fourth-order valence-electron chi connectivity index (χ4n) is 3.05. The minimum Gasteiger partial charge on any atom is -0.507 e. The lowest BCUT2D eigenvalue weighted by molar-refractivity contribution is 0.0857. The molecule has 2 amide bonds. The standard InChI is InChI=1S/C21H24N2O4/c1-14-7-8-19(24)18(10-14)21(26)22-12-15-4-2-5-16(11-15)20(25)23-13-17-6-3-9-27-17/h2,4-5,7-8,10-11,17,24H,3,6,9,12-13H2,1H3,(H,22,26)(H,23,25). The smallest absolute Gasteiger partial charge is 0.255 e. The Morgan fingerprint density at radius 3 is 2.78 bits per heavy atom. The van der Waals surface area contributed by atoms with Gasteiger partial charge in [-0.15, -0.1) is 0 Å². The van der Waals surface area contributed by atoms with E-state index in [9.17, 15) is 14.7 Å². The van der Waals surface area contributed by atoms with Crippen molar-refractivity contribution in [3.63, 3.8) is 0 Å². The molecule has 0 radical (unpaired) electrons. The monoisotopic (exact) mass is 368 g/mol. The summed E-state index contributed by atoms with van der Waals surface area (Å²) in [7, 11) is 0. The summed E-state index contributed by atoms with van der Waals surface area (Å²) in [5, 5.41) is 15.5. The summed E-state index contributed by atoms with van der Waals surface area (Å²) in [6.45, 7) is 3.38. The molecular weight excluding hydrogens is 344 g/mol. The number of carbonyl (C=O) groups excluding carboxylic acids is 2. The molecule has 1 aliphatic rings. The van der Waals surface area contributed by atoms with Gasteiger partial charge < -0.3 is 20.5 Å². The molecule has 1 aliphatic heterocycles. The van der Waals surface area contributed by atoms with Crippen molar-refractivity contribution in [2.24, 2.45) is 0 Å². The molecule has 2 aromatic rings. The maximum atomic E-state index is 12.3. The van der Waals surface area contributed by atoms with Crippen LogP contribution in [0.3, 0.4) is 0 Å². The van der Waals surface area contributed by atoms with E-state index >= 15 is 0 Å². The zero-order valence-electron chi connectivity index (χ0n) is 15.3. The van der Waals surface area contributed by atoms with Gasteiger partial charge in [0.2, 0.25) is 0 Å². The van der Waals surface area contributed by atoms with Crippen LogP contribution in [0.25, 0.3) is 0 Å². The fraction of sp³-hybridized carbons (Fsp3) is 0.333. The second kappa shape index (κ2) is 8.68. The molecule has 6 nitrogen and oxygen atoms in total. The Labute approximate surface area is 158 Å². The number of amides is 2. The van der Waals surface area contributed by atoms with Crippen molar-refractivity contribution in [3.05, 3.63) is 64.7 Å². The molecule has 0 aromatic heterocycles. The second-order valence-corrected chi connectivity index (χ2v) is 6.75. The molecular formula is C21H24N2O4. The zero-order valence-corrected chi connectivity index (χ0v) is 15.3. The maximum absolute atomic E-state index is 12.3. The summed E-state index contributed by atoms with van der Waals surface area (Å²) in [4.78, 5) is 24.6. The van der Waals surface area contributed by atoms with Crippen LogP contribution in [-0.4, -0.2) is 36.2 Å². The largest absolute Gasteiger partial charge is 0.507 e. The van der Waals surface area contributed by atoms with E-state index in [1.807, 2.05) is 13.0 Å². The summed E-state index contributed by atoms with van der Waals surface area (Å²) < 4.78 is 5.51. The van der Waals surface area contributed by atoms with E-state index in [0.29, 0.717) is 12.1 Å². The summed E-state index contributed by atoms with van der Waals surface area (Å²) >= 11 is 0. The van der Waals surface area contributed by atoms with Crippen LogP contribution in [0.1, 0.15) is 44.7 Å². The molecule has 142 valence electrons. The SMILES string of the molecule is Cc1ccc(O)c(C(=O)NCc2cccc(C(=O)NCC3CCCO3)c2)c1. The predicted molar refractivity (Wildman–Crippen MR) is 102 cm³/mol. The molecule has 0 bridgehead atoms. The van der Waals surface area contributed by atoms with Crippen LogP contribution >= 0.6 is 0 Å². The molecule has 27 heavy (non-hydrogen) atoms. The Bertz CT molecular complexity index is 829. The van der Waals surface area contributed by atoms with Crippen molar-refractivity contribution in [1.29, 1.82) is 0 Å². The molecule has 2 aromatic carbocycles. The quantitative estimate of drug-likeness (QED) is 0.731. The van der Waals surface area contributed by atoms with E-state index in [-0.39, 0.29) is 35.8 Å². The Balaban J connectivity index is 1.57. The van der Waals surface area contributed by atoms with Crippen LogP contribution < -0.4 is 10.6 Å². The number of carbonyl (C=O) groups is 2. The number of nitrogens with one attached hydrogen (secondary N) is 2. The van der Waals surface area contributed by atoms with Gasteiger partial charge in [-0.25, -0.2) is 0 Å². The topological polar surface area (TPSA) is 87.7 Å².